The Balaban J connectivity index is 1.48. The van der Waals surface area contributed by atoms with Gasteiger partial charge in [-0.2, -0.15) is 8.78 Å². The molecule has 1 aliphatic heterocycles. The van der Waals surface area contributed by atoms with Crippen LogP contribution in [0.2, 0.25) is 0 Å². The lowest BCUT2D eigenvalue weighted by Gasteiger charge is -2.35. The Morgan fingerprint density at radius 2 is 1.73 bits per heavy atom. The summed E-state index contributed by atoms with van der Waals surface area (Å²) >= 11 is 0. The number of esters is 1. The number of carbonyl (C=O) groups excluding carboxylic acids is 5. The fourth-order valence-electron chi connectivity index (χ4n) is 4.01. The fraction of sp³-hybridized carbons (Fsp3) is 0.476. The standard InChI is InChI=1S/C21H23F2N3O7/c1-25-20(31)26(18(30)21(25)9-3-2-4-10-21)11-16(28)32-12-15(27)24-17(29)13-5-7-14(8-6-13)33-19(22)23/h5-8,19H,2-4,9-12H2,1H3,(H,24,27,29). The van der Waals surface area contributed by atoms with Crippen LogP contribution in [0.3, 0.4) is 0 Å². The Hall–Kier alpha value is -3.57. The molecule has 1 saturated carbocycles. The zero-order valence-electron chi connectivity index (χ0n) is 17.8. The first kappa shape index (κ1) is 24.1. The number of ether oxygens (including phenoxy) is 2. The molecule has 1 spiro atoms. The zero-order chi connectivity index (χ0) is 24.2. The van der Waals surface area contributed by atoms with Gasteiger partial charge in [0, 0.05) is 12.6 Å². The topological polar surface area (TPSA) is 122 Å². The van der Waals surface area contributed by atoms with Crippen LogP contribution in [0.1, 0.15) is 42.5 Å². The molecule has 1 saturated heterocycles. The third-order valence-corrected chi connectivity index (χ3v) is 5.73. The number of nitrogens with one attached hydrogen (secondary N) is 1. The number of urea groups is 1. The van der Waals surface area contributed by atoms with E-state index in [1.165, 1.54) is 24.1 Å². The Morgan fingerprint density at radius 3 is 2.33 bits per heavy atom. The van der Waals surface area contributed by atoms with Gasteiger partial charge >= 0.3 is 18.6 Å². The molecule has 2 aliphatic rings. The van der Waals surface area contributed by atoms with E-state index in [0.717, 1.165) is 36.3 Å². The van der Waals surface area contributed by atoms with Crippen molar-refractivity contribution in [1.29, 1.82) is 0 Å². The molecule has 0 atom stereocenters. The summed E-state index contributed by atoms with van der Waals surface area (Å²) in [5, 5.41) is 1.98. The molecule has 2 fully saturated rings. The predicted molar refractivity (Wildman–Crippen MR) is 107 cm³/mol. The highest BCUT2D eigenvalue weighted by Crippen LogP contribution is 2.39. The van der Waals surface area contributed by atoms with E-state index < -0.39 is 55.0 Å². The average Bonchev–Trinajstić information content (AvgIpc) is 2.94. The summed E-state index contributed by atoms with van der Waals surface area (Å²) in [5.74, 6) is -3.38. The smallest absolute Gasteiger partial charge is 0.387 e. The van der Waals surface area contributed by atoms with Gasteiger partial charge in [0.05, 0.1) is 0 Å². The fourth-order valence-corrected chi connectivity index (χ4v) is 4.01. The third kappa shape index (κ3) is 5.26. The van der Waals surface area contributed by atoms with Crippen LogP contribution in [0.25, 0.3) is 0 Å². The maximum atomic E-state index is 12.8. The van der Waals surface area contributed by atoms with Gasteiger partial charge in [0.1, 0.15) is 17.8 Å². The van der Waals surface area contributed by atoms with Crippen LogP contribution in [0, 0.1) is 0 Å². The Labute approximate surface area is 187 Å². The van der Waals surface area contributed by atoms with E-state index in [1.54, 1.807) is 0 Å². The number of halogens is 2. The number of carbonyl (C=O) groups is 5. The van der Waals surface area contributed by atoms with Gasteiger partial charge in [0.15, 0.2) is 6.61 Å². The maximum Gasteiger partial charge on any atom is 0.387 e. The molecular weight excluding hydrogens is 444 g/mol. The summed E-state index contributed by atoms with van der Waals surface area (Å²) < 4.78 is 33.3. The van der Waals surface area contributed by atoms with Crippen LogP contribution in [-0.2, 0) is 19.1 Å². The van der Waals surface area contributed by atoms with Crippen LogP contribution >= 0.6 is 0 Å². The number of amides is 5. The van der Waals surface area contributed by atoms with Crippen molar-refractivity contribution < 1.29 is 42.2 Å². The molecule has 0 unspecified atom stereocenters. The molecule has 10 nitrogen and oxygen atoms in total. The summed E-state index contributed by atoms with van der Waals surface area (Å²) in [7, 11) is 1.53. The normalized spacial score (nSPS) is 17.5. The summed E-state index contributed by atoms with van der Waals surface area (Å²) in [6.07, 6.45) is 3.63. The first-order valence-corrected chi connectivity index (χ1v) is 10.3. The Morgan fingerprint density at radius 1 is 1.09 bits per heavy atom. The molecule has 3 rings (SSSR count). The second-order valence-corrected chi connectivity index (χ2v) is 7.77. The van der Waals surface area contributed by atoms with Crippen molar-refractivity contribution in [3.8, 4) is 5.75 Å². The molecule has 5 amide bonds. The van der Waals surface area contributed by atoms with Crippen molar-refractivity contribution in [2.45, 2.75) is 44.3 Å². The number of benzene rings is 1. The summed E-state index contributed by atoms with van der Waals surface area (Å²) in [4.78, 5) is 63.6. The van der Waals surface area contributed by atoms with E-state index in [2.05, 4.69) is 4.74 Å². The van der Waals surface area contributed by atoms with E-state index >= 15 is 0 Å². The Kier molecular flexibility index (Phi) is 7.24. The first-order valence-electron chi connectivity index (χ1n) is 10.3. The van der Waals surface area contributed by atoms with Gasteiger partial charge in [0.25, 0.3) is 17.7 Å². The zero-order valence-corrected chi connectivity index (χ0v) is 17.8. The number of nitrogens with zero attached hydrogens (tertiary/aromatic N) is 2. The maximum absolute atomic E-state index is 12.8. The van der Waals surface area contributed by atoms with Gasteiger partial charge in [-0.15, -0.1) is 0 Å². The van der Waals surface area contributed by atoms with Gasteiger partial charge in [-0.1, -0.05) is 19.3 Å². The average molecular weight is 467 g/mol. The molecular formula is C21H23F2N3O7. The molecule has 178 valence electrons. The van der Waals surface area contributed by atoms with E-state index in [9.17, 15) is 32.8 Å². The van der Waals surface area contributed by atoms with Crippen LogP contribution in [0.4, 0.5) is 13.6 Å². The molecule has 1 N–H and O–H groups in total. The minimum absolute atomic E-state index is 0.00892. The molecule has 0 radical (unpaired) electrons. The molecule has 33 heavy (non-hydrogen) atoms. The monoisotopic (exact) mass is 467 g/mol. The molecule has 0 bridgehead atoms. The van der Waals surface area contributed by atoms with Crippen LogP contribution in [0.15, 0.2) is 24.3 Å². The molecule has 1 aliphatic carbocycles. The van der Waals surface area contributed by atoms with Crippen molar-refractivity contribution in [2.75, 3.05) is 20.2 Å². The van der Waals surface area contributed by atoms with E-state index in [1.807, 2.05) is 5.32 Å². The molecule has 12 heteroatoms. The largest absolute Gasteiger partial charge is 0.454 e. The van der Waals surface area contributed by atoms with Crippen LogP contribution in [-0.4, -0.2) is 71.9 Å². The van der Waals surface area contributed by atoms with E-state index in [4.69, 9.17) is 4.74 Å². The molecule has 1 heterocycles. The lowest BCUT2D eigenvalue weighted by atomic mass is 9.81. The molecule has 1 aromatic carbocycles. The van der Waals surface area contributed by atoms with Crippen molar-refractivity contribution in [1.82, 2.24) is 15.1 Å². The number of imide groups is 2. The van der Waals surface area contributed by atoms with Crippen molar-refractivity contribution in [3.05, 3.63) is 29.8 Å². The number of alkyl halides is 2. The van der Waals surface area contributed by atoms with Crippen molar-refractivity contribution in [2.24, 2.45) is 0 Å². The summed E-state index contributed by atoms with van der Waals surface area (Å²) in [6.45, 7) is -4.47. The number of rotatable bonds is 7. The van der Waals surface area contributed by atoms with Gasteiger partial charge < -0.3 is 14.4 Å². The van der Waals surface area contributed by atoms with Crippen molar-refractivity contribution >= 4 is 29.7 Å². The lowest BCUT2D eigenvalue weighted by Crippen LogP contribution is -2.49. The van der Waals surface area contributed by atoms with Gasteiger partial charge in [0.2, 0.25) is 0 Å². The summed E-state index contributed by atoms with van der Waals surface area (Å²) in [5.41, 5.74) is -0.944. The second-order valence-electron chi connectivity index (χ2n) is 7.77. The number of likely N-dealkylation sites (N-methyl/N-ethyl adjacent to an activating group) is 1. The first-order chi connectivity index (χ1) is 15.6. The number of hydrogen-bond donors (Lipinski definition) is 1. The lowest BCUT2D eigenvalue weighted by molar-refractivity contribution is -0.151. The van der Waals surface area contributed by atoms with Gasteiger partial charge in [-0.25, -0.2) is 4.79 Å². The molecule has 0 aromatic heterocycles. The third-order valence-electron chi connectivity index (χ3n) is 5.73. The van der Waals surface area contributed by atoms with Crippen molar-refractivity contribution in [3.63, 3.8) is 0 Å². The minimum Gasteiger partial charge on any atom is -0.454 e. The predicted octanol–water partition coefficient (Wildman–Crippen LogP) is 1.68. The van der Waals surface area contributed by atoms with E-state index in [0.29, 0.717) is 12.8 Å². The quantitative estimate of drug-likeness (QED) is 0.478. The highest BCUT2D eigenvalue weighted by Gasteiger charge is 2.55. The summed E-state index contributed by atoms with van der Waals surface area (Å²) in [6, 6.07) is 4.01. The Bertz CT molecular complexity index is 946. The minimum atomic E-state index is -3.01. The SMILES string of the molecule is CN1C(=O)N(CC(=O)OCC(=O)NC(=O)c2ccc(OC(F)F)cc2)C(=O)C12CCCCC2. The van der Waals surface area contributed by atoms with Crippen LogP contribution < -0.4 is 10.1 Å². The highest BCUT2D eigenvalue weighted by molar-refractivity contribution is 6.09. The van der Waals surface area contributed by atoms with Crippen LogP contribution in [0.5, 0.6) is 5.75 Å². The number of hydrogen-bond acceptors (Lipinski definition) is 7. The van der Waals surface area contributed by atoms with Gasteiger partial charge in [-0.3, -0.25) is 29.4 Å². The van der Waals surface area contributed by atoms with Gasteiger partial charge in [-0.05, 0) is 37.1 Å². The highest BCUT2D eigenvalue weighted by atomic mass is 19.3. The molecule has 1 aromatic rings. The van der Waals surface area contributed by atoms with E-state index in [-0.39, 0.29) is 11.3 Å². The second kappa shape index (κ2) is 9.92.